The van der Waals surface area contributed by atoms with Crippen LogP contribution < -0.4 is 10.6 Å². The van der Waals surface area contributed by atoms with Gasteiger partial charge in [-0.25, -0.2) is 4.39 Å². The van der Waals surface area contributed by atoms with Gasteiger partial charge in [0.25, 0.3) is 0 Å². The summed E-state index contributed by atoms with van der Waals surface area (Å²) in [5.74, 6) is 0.651. The van der Waals surface area contributed by atoms with E-state index in [1.807, 2.05) is 6.07 Å². The molecule has 1 aliphatic rings. The van der Waals surface area contributed by atoms with Crippen LogP contribution in [0, 0.1) is 5.82 Å². The number of nitrogens with zero attached hydrogens (tertiary/aromatic N) is 2. The topological polar surface area (TPSA) is 39.7 Å². The van der Waals surface area contributed by atoms with Crippen molar-refractivity contribution in [2.24, 2.45) is 4.99 Å². The van der Waals surface area contributed by atoms with Crippen LogP contribution in [0.2, 0.25) is 0 Å². The standard InChI is InChI=1S/C18H29FN4/c1-14(2)23(4)11-10-21-17(20-3)22-13-18(8-9-18)15-6-5-7-16(19)12-15/h5-7,12,14H,8-11,13H2,1-4H3,(H2,20,21,22). The molecule has 1 fully saturated rings. The van der Waals surface area contributed by atoms with E-state index in [-0.39, 0.29) is 11.2 Å². The van der Waals surface area contributed by atoms with Crippen LogP contribution in [-0.2, 0) is 5.41 Å². The van der Waals surface area contributed by atoms with Crippen LogP contribution in [0.5, 0.6) is 0 Å². The van der Waals surface area contributed by atoms with Gasteiger partial charge in [-0.1, -0.05) is 12.1 Å². The monoisotopic (exact) mass is 320 g/mol. The summed E-state index contributed by atoms with van der Waals surface area (Å²) >= 11 is 0. The average Bonchev–Trinajstić information content (AvgIpc) is 3.31. The molecule has 2 rings (SSSR count). The van der Waals surface area contributed by atoms with Crippen molar-refractivity contribution in [2.45, 2.75) is 38.1 Å². The summed E-state index contributed by atoms with van der Waals surface area (Å²) in [7, 11) is 3.90. The lowest BCUT2D eigenvalue weighted by Gasteiger charge is -2.22. The number of rotatable bonds is 7. The molecule has 2 N–H and O–H groups in total. The lowest BCUT2D eigenvalue weighted by molar-refractivity contribution is 0.278. The van der Waals surface area contributed by atoms with E-state index in [1.165, 1.54) is 6.07 Å². The molecule has 1 aromatic carbocycles. The summed E-state index contributed by atoms with van der Waals surface area (Å²) in [4.78, 5) is 6.56. The summed E-state index contributed by atoms with van der Waals surface area (Å²) < 4.78 is 13.4. The molecule has 0 unspecified atom stereocenters. The van der Waals surface area contributed by atoms with Crippen LogP contribution in [0.3, 0.4) is 0 Å². The molecule has 23 heavy (non-hydrogen) atoms. The highest BCUT2D eigenvalue weighted by Gasteiger charge is 2.44. The predicted octanol–water partition coefficient (Wildman–Crippen LogP) is 2.36. The summed E-state index contributed by atoms with van der Waals surface area (Å²) in [5, 5.41) is 6.73. The Balaban J connectivity index is 1.82. The van der Waals surface area contributed by atoms with Crippen molar-refractivity contribution in [3.63, 3.8) is 0 Å². The molecule has 0 bridgehead atoms. The quantitative estimate of drug-likeness (QED) is 0.598. The third-order valence-electron chi connectivity index (χ3n) is 4.75. The van der Waals surface area contributed by atoms with Crippen LogP contribution in [0.25, 0.3) is 0 Å². The van der Waals surface area contributed by atoms with Gasteiger partial charge in [0.05, 0.1) is 0 Å². The minimum atomic E-state index is -0.159. The zero-order valence-corrected chi connectivity index (χ0v) is 14.7. The van der Waals surface area contributed by atoms with Crippen LogP contribution >= 0.6 is 0 Å². The van der Waals surface area contributed by atoms with E-state index in [1.54, 1.807) is 19.2 Å². The fourth-order valence-electron chi connectivity index (χ4n) is 2.62. The van der Waals surface area contributed by atoms with Gasteiger partial charge in [-0.2, -0.15) is 0 Å². The number of nitrogens with one attached hydrogen (secondary N) is 2. The molecule has 4 nitrogen and oxygen atoms in total. The largest absolute Gasteiger partial charge is 0.356 e. The van der Waals surface area contributed by atoms with Gasteiger partial charge in [-0.3, -0.25) is 4.99 Å². The highest BCUT2D eigenvalue weighted by atomic mass is 19.1. The second kappa shape index (κ2) is 7.77. The third kappa shape index (κ3) is 4.93. The molecule has 0 saturated heterocycles. The molecule has 128 valence electrons. The molecular formula is C18H29FN4. The van der Waals surface area contributed by atoms with Crippen molar-refractivity contribution in [1.29, 1.82) is 0 Å². The molecule has 1 aliphatic carbocycles. The molecule has 1 aromatic rings. The lowest BCUT2D eigenvalue weighted by atomic mass is 9.96. The Hall–Kier alpha value is -1.62. The van der Waals surface area contributed by atoms with Crippen molar-refractivity contribution in [2.75, 3.05) is 33.7 Å². The summed E-state index contributed by atoms with van der Waals surface area (Å²) in [6.07, 6.45) is 2.19. The van der Waals surface area contributed by atoms with Gasteiger partial charge in [0, 0.05) is 38.1 Å². The molecular weight excluding hydrogens is 291 g/mol. The molecule has 0 aromatic heterocycles. The fraction of sp³-hybridized carbons (Fsp3) is 0.611. The summed E-state index contributed by atoms with van der Waals surface area (Å²) in [5.41, 5.74) is 1.15. The molecule has 0 radical (unpaired) electrons. The van der Waals surface area contributed by atoms with Crippen molar-refractivity contribution in [3.8, 4) is 0 Å². The Bertz CT molecular complexity index is 538. The number of hydrogen-bond donors (Lipinski definition) is 2. The first-order chi connectivity index (χ1) is 11.0. The number of likely N-dealkylation sites (N-methyl/N-ethyl adjacent to an activating group) is 1. The van der Waals surface area contributed by atoms with Crippen molar-refractivity contribution in [3.05, 3.63) is 35.6 Å². The van der Waals surface area contributed by atoms with Gasteiger partial charge in [0.2, 0.25) is 0 Å². The second-order valence-electron chi connectivity index (χ2n) is 6.72. The highest BCUT2D eigenvalue weighted by Crippen LogP contribution is 2.47. The second-order valence-corrected chi connectivity index (χ2v) is 6.72. The van der Waals surface area contributed by atoms with Gasteiger partial charge in [-0.05, 0) is 51.4 Å². The van der Waals surface area contributed by atoms with E-state index < -0.39 is 0 Å². The van der Waals surface area contributed by atoms with E-state index in [0.29, 0.717) is 6.04 Å². The maximum Gasteiger partial charge on any atom is 0.191 e. The minimum absolute atomic E-state index is 0.0639. The van der Waals surface area contributed by atoms with E-state index in [0.717, 1.165) is 44.0 Å². The van der Waals surface area contributed by atoms with E-state index >= 15 is 0 Å². The molecule has 0 amide bonds. The smallest absolute Gasteiger partial charge is 0.191 e. The maximum absolute atomic E-state index is 13.4. The van der Waals surface area contributed by atoms with Crippen molar-refractivity contribution in [1.82, 2.24) is 15.5 Å². The zero-order valence-electron chi connectivity index (χ0n) is 14.7. The Morgan fingerprint density at radius 3 is 2.65 bits per heavy atom. The maximum atomic E-state index is 13.4. The third-order valence-corrected chi connectivity index (χ3v) is 4.75. The van der Waals surface area contributed by atoms with Crippen molar-refractivity contribution >= 4 is 5.96 Å². The van der Waals surface area contributed by atoms with E-state index in [2.05, 4.69) is 41.4 Å². The lowest BCUT2D eigenvalue weighted by Crippen LogP contribution is -2.44. The number of benzene rings is 1. The Kier molecular flexibility index (Phi) is 5.99. The first kappa shape index (κ1) is 17.7. The van der Waals surface area contributed by atoms with Crippen LogP contribution in [0.4, 0.5) is 4.39 Å². The normalized spacial score (nSPS) is 16.7. The Labute approximate surface area is 139 Å². The average molecular weight is 320 g/mol. The molecule has 0 spiro atoms. The van der Waals surface area contributed by atoms with Crippen molar-refractivity contribution < 1.29 is 4.39 Å². The zero-order chi connectivity index (χ0) is 16.9. The summed E-state index contributed by atoms with van der Waals surface area (Å²) in [6, 6.07) is 7.50. The SMILES string of the molecule is CN=C(NCCN(C)C(C)C)NCC1(c2cccc(F)c2)CC1. The molecule has 0 aliphatic heterocycles. The first-order valence-corrected chi connectivity index (χ1v) is 8.38. The van der Waals surface area contributed by atoms with Gasteiger partial charge >= 0.3 is 0 Å². The Morgan fingerprint density at radius 1 is 1.35 bits per heavy atom. The molecule has 0 atom stereocenters. The molecule has 0 heterocycles. The van der Waals surface area contributed by atoms with E-state index in [4.69, 9.17) is 0 Å². The number of halogens is 1. The number of aliphatic imine (C=N–C) groups is 1. The summed E-state index contributed by atoms with van der Waals surface area (Å²) in [6.45, 7) is 6.97. The minimum Gasteiger partial charge on any atom is -0.356 e. The van der Waals surface area contributed by atoms with Crippen LogP contribution in [-0.4, -0.2) is 50.6 Å². The van der Waals surface area contributed by atoms with Gasteiger partial charge in [0.15, 0.2) is 5.96 Å². The number of hydrogen-bond acceptors (Lipinski definition) is 2. The van der Waals surface area contributed by atoms with Gasteiger partial charge < -0.3 is 15.5 Å². The highest BCUT2D eigenvalue weighted by molar-refractivity contribution is 5.79. The van der Waals surface area contributed by atoms with E-state index in [9.17, 15) is 4.39 Å². The first-order valence-electron chi connectivity index (χ1n) is 8.38. The predicted molar refractivity (Wildman–Crippen MR) is 94.4 cm³/mol. The molecule has 1 saturated carbocycles. The fourth-order valence-corrected chi connectivity index (χ4v) is 2.62. The van der Waals surface area contributed by atoms with Crippen LogP contribution in [0.1, 0.15) is 32.3 Å². The van der Waals surface area contributed by atoms with Crippen LogP contribution in [0.15, 0.2) is 29.3 Å². The number of guanidine groups is 1. The molecule has 5 heteroatoms. The van der Waals surface area contributed by atoms with Gasteiger partial charge in [-0.15, -0.1) is 0 Å². The Morgan fingerprint density at radius 2 is 2.09 bits per heavy atom. The van der Waals surface area contributed by atoms with Gasteiger partial charge in [0.1, 0.15) is 5.82 Å².